The first-order valence-electron chi connectivity index (χ1n) is 8.14. The molecule has 0 spiro atoms. The fourth-order valence-electron chi connectivity index (χ4n) is 2.56. The number of aromatic nitrogens is 3. The van der Waals surface area contributed by atoms with E-state index < -0.39 is 6.61 Å². The third-order valence-electron chi connectivity index (χ3n) is 3.89. The number of para-hydroxylation sites is 1. The second kappa shape index (κ2) is 8.30. The van der Waals surface area contributed by atoms with Gasteiger partial charge in [-0.1, -0.05) is 30.0 Å². The number of benzene rings is 2. The van der Waals surface area contributed by atoms with E-state index in [0.717, 1.165) is 17.1 Å². The van der Waals surface area contributed by atoms with Crippen molar-refractivity contribution < 1.29 is 18.3 Å². The van der Waals surface area contributed by atoms with Crippen LogP contribution < -0.4 is 4.74 Å². The van der Waals surface area contributed by atoms with Crippen molar-refractivity contribution in [2.75, 3.05) is 5.75 Å². The van der Waals surface area contributed by atoms with Crippen molar-refractivity contribution in [2.45, 2.75) is 25.6 Å². The largest absolute Gasteiger partial charge is 0.435 e. The molecule has 27 heavy (non-hydrogen) atoms. The van der Waals surface area contributed by atoms with Crippen molar-refractivity contribution >= 4 is 17.5 Å². The minimum Gasteiger partial charge on any atom is -0.435 e. The first-order valence-corrected chi connectivity index (χ1v) is 9.13. The second-order valence-electron chi connectivity index (χ2n) is 5.77. The minimum absolute atomic E-state index is 0.0177. The summed E-state index contributed by atoms with van der Waals surface area (Å²) in [4.78, 5) is 12.4. The summed E-state index contributed by atoms with van der Waals surface area (Å²) in [6.45, 7) is 0.961. The number of ether oxygens (including phenoxy) is 1. The van der Waals surface area contributed by atoms with Crippen LogP contribution in [0.4, 0.5) is 8.78 Å². The van der Waals surface area contributed by atoms with Gasteiger partial charge in [0, 0.05) is 5.56 Å². The molecule has 2 aromatic carbocycles. The average molecular weight is 389 g/mol. The molecule has 0 N–H and O–H groups in total. The first kappa shape index (κ1) is 19.0. The molecule has 0 aliphatic heterocycles. The molecular weight excluding hydrogens is 372 g/mol. The summed E-state index contributed by atoms with van der Waals surface area (Å²) in [7, 11) is 0. The van der Waals surface area contributed by atoms with Gasteiger partial charge < -0.3 is 4.74 Å². The van der Waals surface area contributed by atoms with Crippen molar-refractivity contribution in [1.82, 2.24) is 14.8 Å². The summed E-state index contributed by atoms with van der Waals surface area (Å²) < 4.78 is 30.6. The fourth-order valence-corrected chi connectivity index (χ4v) is 3.45. The van der Waals surface area contributed by atoms with Crippen LogP contribution in [-0.4, -0.2) is 32.9 Å². The topological polar surface area (TPSA) is 57.0 Å². The molecule has 0 atom stereocenters. The van der Waals surface area contributed by atoms with E-state index in [0.29, 0.717) is 10.7 Å². The van der Waals surface area contributed by atoms with Gasteiger partial charge in [-0.25, -0.2) is 0 Å². The number of thioether (sulfide) groups is 1. The maximum Gasteiger partial charge on any atom is 0.387 e. The van der Waals surface area contributed by atoms with E-state index in [1.165, 1.54) is 36.0 Å². The Bertz CT molecular complexity index is 942. The number of carbonyl (C=O) groups is 1. The number of carbonyl (C=O) groups excluding carboxylic acids is 1. The van der Waals surface area contributed by atoms with Crippen LogP contribution in [-0.2, 0) is 0 Å². The number of hydrogen-bond acceptors (Lipinski definition) is 5. The Morgan fingerprint density at radius 2 is 1.81 bits per heavy atom. The highest BCUT2D eigenvalue weighted by molar-refractivity contribution is 7.99. The summed E-state index contributed by atoms with van der Waals surface area (Å²) in [5, 5.41) is 8.90. The second-order valence-corrected chi connectivity index (χ2v) is 6.71. The maximum absolute atomic E-state index is 12.4. The molecule has 0 aliphatic carbocycles. The fraction of sp³-hybridized carbons (Fsp3) is 0.211. The SMILES string of the molecule is Cc1ccccc1-n1c(C)nnc1SCC(=O)c1ccc(OC(F)F)cc1. The quantitative estimate of drug-likeness (QED) is 0.441. The van der Waals surface area contributed by atoms with Crippen LogP contribution in [0.5, 0.6) is 5.75 Å². The molecule has 0 bridgehead atoms. The molecule has 3 aromatic rings. The number of hydrogen-bond donors (Lipinski definition) is 0. The zero-order valence-electron chi connectivity index (χ0n) is 14.7. The number of Topliss-reactive ketones (excluding diaryl/α,β-unsaturated/α-hetero) is 1. The minimum atomic E-state index is -2.89. The number of nitrogens with zero attached hydrogens (tertiary/aromatic N) is 3. The molecule has 5 nitrogen and oxygen atoms in total. The highest BCUT2D eigenvalue weighted by Crippen LogP contribution is 2.25. The number of halogens is 2. The smallest absolute Gasteiger partial charge is 0.387 e. The molecule has 0 saturated carbocycles. The highest BCUT2D eigenvalue weighted by atomic mass is 32.2. The third-order valence-corrected chi connectivity index (χ3v) is 4.81. The van der Waals surface area contributed by atoms with Crippen LogP contribution in [0.25, 0.3) is 5.69 Å². The Hall–Kier alpha value is -2.74. The van der Waals surface area contributed by atoms with Gasteiger partial charge in [0.2, 0.25) is 0 Å². The Morgan fingerprint density at radius 1 is 1.11 bits per heavy atom. The Morgan fingerprint density at radius 3 is 2.48 bits per heavy atom. The van der Waals surface area contributed by atoms with Gasteiger partial charge in [0.05, 0.1) is 11.4 Å². The molecule has 0 amide bonds. The standard InChI is InChI=1S/C19H17F2N3O2S/c1-12-5-3-4-6-16(12)24-13(2)22-23-19(24)27-11-17(25)14-7-9-15(10-8-14)26-18(20)21/h3-10,18H,11H2,1-2H3. The lowest BCUT2D eigenvalue weighted by atomic mass is 10.1. The number of ketones is 1. The summed E-state index contributed by atoms with van der Waals surface area (Å²) in [5.41, 5.74) is 2.45. The van der Waals surface area contributed by atoms with E-state index in [2.05, 4.69) is 14.9 Å². The van der Waals surface area contributed by atoms with E-state index in [1.807, 2.05) is 42.7 Å². The molecule has 8 heteroatoms. The van der Waals surface area contributed by atoms with E-state index in [9.17, 15) is 13.6 Å². The van der Waals surface area contributed by atoms with Crippen molar-refractivity contribution in [3.05, 3.63) is 65.5 Å². The van der Waals surface area contributed by atoms with Crippen molar-refractivity contribution in [2.24, 2.45) is 0 Å². The van der Waals surface area contributed by atoms with Crippen LogP contribution in [0.3, 0.4) is 0 Å². The van der Waals surface area contributed by atoms with Crippen molar-refractivity contribution in [3.8, 4) is 11.4 Å². The van der Waals surface area contributed by atoms with E-state index in [1.54, 1.807) is 0 Å². The van der Waals surface area contributed by atoms with Gasteiger partial charge in [0.25, 0.3) is 0 Å². The maximum atomic E-state index is 12.4. The lowest BCUT2D eigenvalue weighted by Gasteiger charge is -2.11. The number of rotatable bonds is 7. The molecule has 3 rings (SSSR count). The summed E-state index contributed by atoms with van der Waals surface area (Å²) in [6, 6.07) is 13.5. The Kier molecular flexibility index (Phi) is 5.85. The summed E-state index contributed by atoms with van der Waals surface area (Å²) >= 11 is 1.28. The van der Waals surface area contributed by atoms with Gasteiger partial charge in [0.1, 0.15) is 11.6 Å². The predicted molar refractivity (Wildman–Crippen MR) is 99.0 cm³/mol. The van der Waals surface area contributed by atoms with Crippen molar-refractivity contribution in [1.29, 1.82) is 0 Å². The first-order chi connectivity index (χ1) is 13.0. The molecular formula is C19H17F2N3O2S. The van der Waals surface area contributed by atoms with E-state index >= 15 is 0 Å². The summed E-state index contributed by atoms with van der Waals surface area (Å²) in [6.07, 6.45) is 0. The van der Waals surface area contributed by atoms with Crippen LogP contribution >= 0.6 is 11.8 Å². The van der Waals surface area contributed by atoms with Crippen LogP contribution in [0.15, 0.2) is 53.7 Å². The molecule has 0 aliphatic rings. The zero-order chi connectivity index (χ0) is 19.4. The zero-order valence-corrected chi connectivity index (χ0v) is 15.5. The lowest BCUT2D eigenvalue weighted by molar-refractivity contribution is -0.0498. The Balaban J connectivity index is 1.72. The number of alkyl halides is 2. The molecule has 1 aromatic heterocycles. The summed E-state index contributed by atoms with van der Waals surface area (Å²) in [5.74, 6) is 0.761. The molecule has 0 fully saturated rings. The molecule has 0 radical (unpaired) electrons. The van der Waals surface area contributed by atoms with Gasteiger partial charge in [-0.05, 0) is 49.7 Å². The van der Waals surface area contributed by atoms with Gasteiger partial charge in [-0.15, -0.1) is 10.2 Å². The predicted octanol–water partition coefficient (Wildman–Crippen LogP) is 4.46. The van der Waals surface area contributed by atoms with Gasteiger partial charge in [-0.2, -0.15) is 8.78 Å². The van der Waals surface area contributed by atoms with Gasteiger partial charge in [-0.3, -0.25) is 9.36 Å². The van der Waals surface area contributed by atoms with Crippen molar-refractivity contribution in [3.63, 3.8) is 0 Å². The van der Waals surface area contributed by atoms with Crippen LogP contribution in [0.1, 0.15) is 21.7 Å². The third kappa shape index (κ3) is 4.51. The Labute approximate surface area is 159 Å². The van der Waals surface area contributed by atoms with E-state index in [4.69, 9.17) is 0 Å². The highest BCUT2D eigenvalue weighted by Gasteiger charge is 2.15. The normalized spacial score (nSPS) is 11.0. The lowest BCUT2D eigenvalue weighted by Crippen LogP contribution is -2.06. The van der Waals surface area contributed by atoms with Gasteiger partial charge in [0.15, 0.2) is 10.9 Å². The molecule has 140 valence electrons. The van der Waals surface area contributed by atoms with E-state index in [-0.39, 0.29) is 17.3 Å². The number of aryl methyl sites for hydroxylation is 2. The molecule has 0 saturated heterocycles. The average Bonchev–Trinajstić information content (AvgIpc) is 3.01. The monoisotopic (exact) mass is 389 g/mol. The van der Waals surface area contributed by atoms with Gasteiger partial charge >= 0.3 is 6.61 Å². The van der Waals surface area contributed by atoms with Crippen LogP contribution in [0, 0.1) is 13.8 Å². The van der Waals surface area contributed by atoms with Crippen LogP contribution in [0.2, 0.25) is 0 Å². The molecule has 1 heterocycles. The molecule has 0 unspecified atom stereocenters.